The molecule has 3 aromatic rings. The standard InChI is InChI=1S/C30H35N3O2/c1-24(21-31-16-18-32(19-17-31)27-10-6-3-7-11-27)23-35-28-14-12-26-13-15-30(34)33(29(26)20-28)22-25-8-4-2-5-9-25/h2-12,14,20,24H,13,15-19,21-23H2,1H3. The summed E-state index contributed by atoms with van der Waals surface area (Å²) in [7, 11) is 0. The normalized spacial score (nSPS) is 17.2. The second-order valence-corrected chi connectivity index (χ2v) is 9.80. The number of anilines is 2. The van der Waals surface area contributed by atoms with Gasteiger partial charge >= 0.3 is 0 Å². The largest absolute Gasteiger partial charge is 0.493 e. The summed E-state index contributed by atoms with van der Waals surface area (Å²) >= 11 is 0. The SMILES string of the molecule is CC(COc1ccc2c(c1)N(Cc1ccccc1)C(=O)CC2)CN1CCN(c2ccccc2)CC1. The Balaban J connectivity index is 1.15. The second kappa shape index (κ2) is 11.0. The number of nitrogens with zero attached hydrogens (tertiary/aromatic N) is 3. The lowest BCUT2D eigenvalue weighted by atomic mass is 10.00. The van der Waals surface area contributed by atoms with Gasteiger partial charge in [0.05, 0.1) is 18.8 Å². The van der Waals surface area contributed by atoms with Crippen LogP contribution in [0.4, 0.5) is 11.4 Å². The molecule has 35 heavy (non-hydrogen) atoms. The van der Waals surface area contributed by atoms with E-state index in [1.165, 1.54) is 11.3 Å². The Kier molecular flexibility index (Phi) is 7.34. The van der Waals surface area contributed by atoms with Crippen LogP contribution in [0.15, 0.2) is 78.9 Å². The molecule has 2 heterocycles. The van der Waals surface area contributed by atoms with E-state index in [-0.39, 0.29) is 5.91 Å². The van der Waals surface area contributed by atoms with Crippen molar-refractivity contribution < 1.29 is 9.53 Å². The number of carbonyl (C=O) groups excluding carboxylic acids is 1. The predicted octanol–water partition coefficient (Wildman–Crippen LogP) is 5.00. The van der Waals surface area contributed by atoms with E-state index in [9.17, 15) is 4.79 Å². The van der Waals surface area contributed by atoms with Crippen molar-refractivity contribution in [1.29, 1.82) is 0 Å². The van der Waals surface area contributed by atoms with Crippen molar-refractivity contribution in [3.05, 3.63) is 90.0 Å². The third kappa shape index (κ3) is 5.85. The summed E-state index contributed by atoms with van der Waals surface area (Å²) in [5.74, 6) is 1.45. The number of fused-ring (bicyclic) bond motifs is 1. The van der Waals surface area contributed by atoms with E-state index in [0.29, 0.717) is 25.5 Å². The molecule has 3 aromatic carbocycles. The molecular formula is C30H35N3O2. The first-order valence-electron chi connectivity index (χ1n) is 12.8. The van der Waals surface area contributed by atoms with Gasteiger partial charge in [-0.2, -0.15) is 0 Å². The third-order valence-corrected chi connectivity index (χ3v) is 7.04. The van der Waals surface area contributed by atoms with Crippen LogP contribution in [0.2, 0.25) is 0 Å². The molecule has 0 bridgehead atoms. The van der Waals surface area contributed by atoms with Gasteiger partial charge in [-0.05, 0) is 35.7 Å². The average Bonchev–Trinajstić information content (AvgIpc) is 2.91. The molecule has 1 saturated heterocycles. The molecule has 1 atom stereocenters. The zero-order chi connectivity index (χ0) is 24.0. The summed E-state index contributed by atoms with van der Waals surface area (Å²) in [5.41, 5.74) is 4.67. The maximum absolute atomic E-state index is 12.7. The van der Waals surface area contributed by atoms with Gasteiger partial charge in [0.25, 0.3) is 0 Å². The fourth-order valence-corrected chi connectivity index (χ4v) is 5.11. The van der Waals surface area contributed by atoms with Gasteiger partial charge in [-0.3, -0.25) is 9.69 Å². The van der Waals surface area contributed by atoms with Gasteiger partial charge in [-0.25, -0.2) is 0 Å². The first-order chi connectivity index (χ1) is 17.2. The molecule has 1 fully saturated rings. The summed E-state index contributed by atoms with van der Waals surface area (Å²) in [6.07, 6.45) is 1.36. The highest BCUT2D eigenvalue weighted by Gasteiger charge is 2.25. The van der Waals surface area contributed by atoms with Crippen molar-refractivity contribution in [3.8, 4) is 5.75 Å². The fraction of sp³-hybridized carbons (Fsp3) is 0.367. The van der Waals surface area contributed by atoms with Gasteiger partial charge in [0, 0.05) is 56.8 Å². The molecule has 1 unspecified atom stereocenters. The highest BCUT2D eigenvalue weighted by atomic mass is 16.5. The second-order valence-electron chi connectivity index (χ2n) is 9.80. The Morgan fingerprint density at radius 2 is 1.57 bits per heavy atom. The third-order valence-electron chi connectivity index (χ3n) is 7.04. The van der Waals surface area contributed by atoms with Crippen molar-refractivity contribution in [2.75, 3.05) is 49.1 Å². The Labute approximate surface area is 208 Å². The topological polar surface area (TPSA) is 36.0 Å². The molecule has 5 heteroatoms. The highest BCUT2D eigenvalue weighted by molar-refractivity contribution is 5.96. The Morgan fingerprint density at radius 1 is 0.857 bits per heavy atom. The molecule has 2 aliphatic heterocycles. The number of hydrogen-bond donors (Lipinski definition) is 0. The minimum absolute atomic E-state index is 0.182. The number of para-hydroxylation sites is 1. The first kappa shape index (κ1) is 23.4. The van der Waals surface area contributed by atoms with Crippen molar-refractivity contribution in [2.24, 2.45) is 5.92 Å². The number of rotatable bonds is 8. The van der Waals surface area contributed by atoms with Crippen molar-refractivity contribution in [3.63, 3.8) is 0 Å². The Hall–Kier alpha value is -3.31. The number of piperazine rings is 1. The lowest BCUT2D eigenvalue weighted by molar-refractivity contribution is -0.119. The van der Waals surface area contributed by atoms with Gasteiger partial charge in [0.1, 0.15) is 5.75 Å². The van der Waals surface area contributed by atoms with Crippen LogP contribution in [0.3, 0.4) is 0 Å². The van der Waals surface area contributed by atoms with Gasteiger partial charge < -0.3 is 14.5 Å². The molecule has 0 saturated carbocycles. The van der Waals surface area contributed by atoms with Crippen LogP contribution in [-0.2, 0) is 17.8 Å². The lowest BCUT2D eigenvalue weighted by Crippen LogP contribution is -2.48. The molecule has 5 nitrogen and oxygen atoms in total. The maximum atomic E-state index is 12.7. The minimum atomic E-state index is 0.182. The van der Waals surface area contributed by atoms with E-state index >= 15 is 0 Å². The zero-order valence-electron chi connectivity index (χ0n) is 20.6. The molecule has 0 spiro atoms. The number of carbonyl (C=O) groups is 1. The first-order valence-corrected chi connectivity index (χ1v) is 12.8. The molecule has 0 aromatic heterocycles. The molecule has 2 aliphatic rings. The average molecular weight is 470 g/mol. The van der Waals surface area contributed by atoms with Gasteiger partial charge in [-0.15, -0.1) is 0 Å². The number of aryl methyl sites for hydroxylation is 1. The van der Waals surface area contributed by atoms with Gasteiger partial charge in [0.2, 0.25) is 5.91 Å². The zero-order valence-corrected chi connectivity index (χ0v) is 20.6. The van der Waals surface area contributed by atoms with Crippen LogP contribution in [0.25, 0.3) is 0 Å². The maximum Gasteiger partial charge on any atom is 0.227 e. The molecule has 5 rings (SSSR count). The summed E-state index contributed by atoms with van der Waals surface area (Å²) < 4.78 is 6.22. The van der Waals surface area contributed by atoms with Gasteiger partial charge in [-0.1, -0.05) is 61.5 Å². The quantitative estimate of drug-likeness (QED) is 0.465. The minimum Gasteiger partial charge on any atom is -0.493 e. The van der Waals surface area contributed by atoms with Crippen LogP contribution in [0.5, 0.6) is 5.75 Å². The smallest absolute Gasteiger partial charge is 0.227 e. The van der Waals surface area contributed by atoms with E-state index in [0.717, 1.165) is 56.1 Å². The number of ether oxygens (including phenoxy) is 1. The van der Waals surface area contributed by atoms with Gasteiger partial charge in [0.15, 0.2) is 0 Å². The summed E-state index contributed by atoms with van der Waals surface area (Å²) in [6.45, 7) is 8.84. The highest BCUT2D eigenvalue weighted by Crippen LogP contribution is 2.33. The Morgan fingerprint density at radius 3 is 2.31 bits per heavy atom. The van der Waals surface area contributed by atoms with E-state index < -0.39 is 0 Å². The summed E-state index contributed by atoms with van der Waals surface area (Å²) in [4.78, 5) is 19.7. The van der Waals surface area contributed by atoms with Crippen LogP contribution < -0.4 is 14.5 Å². The molecule has 1 amide bonds. The number of hydrogen-bond acceptors (Lipinski definition) is 4. The van der Waals surface area contributed by atoms with Crippen LogP contribution >= 0.6 is 0 Å². The summed E-state index contributed by atoms with van der Waals surface area (Å²) in [5, 5.41) is 0. The molecular weight excluding hydrogens is 434 g/mol. The molecule has 0 radical (unpaired) electrons. The van der Waals surface area contributed by atoms with Crippen LogP contribution in [0, 0.1) is 5.92 Å². The predicted molar refractivity (Wildman–Crippen MR) is 142 cm³/mol. The lowest BCUT2D eigenvalue weighted by Gasteiger charge is -2.37. The fourth-order valence-electron chi connectivity index (χ4n) is 5.11. The van der Waals surface area contributed by atoms with E-state index in [4.69, 9.17) is 4.74 Å². The number of amides is 1. The van der Waals surface area contributed by atoms with E-state index in [1.807, 2.05) is 23.1 Å². The number of benzene rings is 3. The van der Waals surface area contributed by atoms with E-state index in [1.54, 1.807) is 0 Å². The summed E-state index contributed by atoms with van der Waals surface area (Å²) in [6, 6.07) is 27.1. The van der Waals surface area contributed by atoms with Crippen molar-refractivity contribution in [1.82, 2.24) is 4.90 Å². The molecule has 0 aliphatic carbocycles. The van der Waals surface area contributed by atoms with E-state index in [2.05, 4.69) is 77.4 Å². The molecule has 0 N–H and O–H groups in total. The Bertz CT molecular complexity index is 1110. The van der Waals surface area contributed by atoms with Crippen LogP contribution in [0.1, 0.15) is 24.5 Å². The van der Waals surface area contributed by atoms with Crippen molar-refractivity contribution in [2.45, 2.75) is 26.3 Å². The monoisotopic (exact) mass is 469 g/mol. The van der Waals surface area contributed by atoms with Crippen LogP contribution in [-0.4, -0.2) is 50.1 Å². The van der Waals surface area contributed by atoms with Crippen molar-refractivity contribution >= 4 is 17.3 Å². The molecule has 182 valence electrons.